The summed E-state index contributed by atoms with van der Waals surface area (Å²) in [6, 6.07) is 1.75. The number of nitrogen functional groups attached to an aromatic ring is 1. The number of rotatable bonds is 4. The van der Waals surface area contributed by atoms with Gasteiger partial charge in [0.1, 0.15) is 5.82 Å². The third-order valence-electron chi connectivity index (χ3n) is 5.68. The van der Waals surface area contributed by atoms with Crippen LogP contribution >= 0.6 is 11.5 Å². The molecular formula is C18H26N6S. The van der Waals surface area contributed by atoms with Crippen LogP contribution in [0.15, 0.2) is 23.8 Å². The summed E-state index contributed by atoms with van der Waals surface area (Å²) in [7, 11) is 0. The van der Waals surface area contributed by atoms with E-state index in [0.717, 1.165) is 37.4 Å². The maximum atomic E-state index is 5.79. The fourth-order valence-electron chi connectivity index (χ4n) is 4.23. The minimum absolute atomic E-state index is 0.556. The summed E-state index contributed by atoms with van der Waals surface area (Å²) in [5, 5.41) is 2.17. The SMILES string of the molecule is Nc1ccnc(N2CCC(C3CCN(Cc4cnsc4)CC3)CC2)n1. The fourth-order valence-corrected chi connectivity index (χ4v) is 4.76. The predicted molar refractivity (Wildman–Crippen MR) is 101 cm³/mol. The van der Waals surface area contributed by atoms with Crippen molar-refractivity contribution in [2.75, 3.05) is 36.8 Å². The molecule has 2 N–H and O–H groups in total. The van der Waals surface area contributed by atoms with E-state index in [4.69, 9.17) is 5.73 Å². The topological polar surface area (TPSA) is 71.2 Å². The zero-order valence-corrected chi connectivity index (χ0v) is 15.4. The van der Waals surface area contributed by atoms with E-state index in [1.54, 1.807) is 23.8 Å². The average molecular weight is 359 g/mol. The number of hydrogen-bond donors (Lipinski definition) is 1. The molecule has 0 spiro atoms. The molecule has 6 nitrogen and oxygen atoms in total. The Labute approximate surface area is 153 Å². The number of nitrogens with zero attached hydrogens (tertiary/aromatic N) is 5. The second-order valence-corrected chi connectivity index (χ2v) is 7.91. The Balaban J connectivity index is 1.25. The number of likely N-dealkylation sites (tertiary alicyclic amines) is 1. The number of aromatic nitrogens is 3. The summed E-state index contributed by atoms with van der Waals surface area (Å²) in [6.45, 7) is 5.61. The van der Waals surface area contributed by atoms with Crippen LogP contribution in [0.5, 0.6) is 0 Å². The average Bonchev–Trinajstić information content (AvgIpc) is 3.16. The van der Waals surface area contributed by atoms with Gasteiger partial charge in [0.15, 0.2) is 0 Å². The second-order valence-electron chi connectivity index (χ2n) is 7.25. The van der Waals surface area contributed by atoms with Crippen molar-refractivity contribution in [2.24, 2.45) is 11.8 Å². The van der Waals surface area contributed by atoms with Crippen molar-refractivity contribution in [2.45, 2.75) is 32.2 Å². The van der Waals surface area contributed by atoms with Crippen LogP contribution in [0.1, 0.15) is 31.2 Å². The first kappa shape index (κ1) is 16.7. The van der Waals surface area contributed by atoms with Gasteiger partial charge in [-0.2, -0.15) is 4.98 Å². The third-order valence-corrected chi connectivity index (χ3v) is 6.31. The third kappa shape index (κ3) is 4.10. The Morgan fingerprint density at radius 3 is 2.44 bits per heavy atom. The van der Waals surface area contributed by atoms with Crippen LogP contribution in [0.25, 0.3) is 0 Å². The van der Waals surface area contributed by atoms with E-state index in [0.29, 0.717) is 5.82 Å². The molecule has 2 aliphatic heterocycles. The van der Waals surface area contributed by atoms with Gasteiger partial charge in [0.25, 0.3) is 0 Å². The molecule has 134 valence electrons. The summed E-state index contributed by atoms with van der Waals surface area (Å²) < 4.78 is 4.21. The maximum Gasteiger partial charge on any atom is 0.227 e. The largest absolute Gasteiger partial charge is 0.384 e. The Morgan fingerprint density at radius 2 is 1.80 bits per heavy atom. The van der Waals surface area contributed by atoms with Crippen molar-refractivity contribution >= 4 is 23.3 Å². The van der Waals surface area contributed by atoms with E-state index in [1.807, 2.05) is 6.20 Å². The zero-order chi connectivity index (χ0) is 17.1. The Hall–Kier alpha value is -1.73. The number of piperidine rings is 2. The highest BCUT2D eigenvalue weighted by Gasteiger charge is 2.30. The molecule has 0 aliphatic carbocycles. The molecule has 0 aromatic carbocycles. The summed E-state index contributed by atoms with van der Waals surface area (Å²) in [6.07, 6.45) is 8.91. The highest BCUT2D eigenvalue weighted by Crippen LogP contribution is 2.33. The lowest BCUT2D eigenvalue weighted by atomic mass is 9.79. The lowest BCUT2D eigenvalue weighted by molar-refractivity contribution is 0.129. The van der Waals surface area contributed by atoms with Gasteiger partial charge in [-0.15, -0.1) is 0 Å². The summed E-state index contributed by atoms with van der Waals surface area (Å²) in [4.78, 5) is 13.6. The van der Waals surface area contributed by atoms with Gasteiger partial charge >= 0.3 is 0 Å². The summed E-state index contributed by atoms with van der Waals surface area (Å²) in [5.74, 6) is 3.07. The lowest BCUT2D eigenvalue weighted by Crippen LogP contribution is -2.41. The monoisotopic (exact) mass is 358 g/mol. The molecule has 2 aromatic heterocycles. The second kappa shape index (κ2) is 7.66. The lowest BCUT2D eigenvalue weighted by Gasteiger charge is -2.40. The number of anilines is 2. The van der Waals surface area contributed by atoms with Crippen LogP contribution in [0.2, 0.25) is 0 Å². The van der Waals surface area contributed by atoms with E-state index in [1.165, 1.54) is 44.3 Å². The maximum absolute atomic E-state index is 5.79. The molecule has 2 aromatic rings. The van der Waals surface area contributed by atoms with Gasteiger partial charge in [-0.1, -0.05) is 0 Å². The normalized spacial score (nSPS) is 20.9. The molecule has 4 rings (SSSR count). The van der Waals surface area contributed by atoms with Crippen LogP contribution < -0.4 is 10.6 Å². The Bertz CT molecular complexity index is 660. The van der Waals surface area contributed by atoms with Crippen LogP contribution in [-0.4, -0.2) is 45.4 Å². The predicted octanol–water partition coefficient (Wildman–Crippen LogP) is 2.64. The number of nitrogens with two attached hydrogens (primary N) is 1. The van der Waals surface area contributed by atoms with Crippen molar-refractivity contribution < 1.29 is 0 Å². The van der Waals surface area contributed by atoms with Gasteiger partial charge in [0.2, 0.25) is 5.95 Å². The van der Waals surface area contributed by atoms with E-state index in [2.05, 4.69) is 29.5 Å². The molecule has 2 fully saturated rings. The molecule has 7 heteroatoms. The van der Waals surface area contributed by atoms with Crippen LogP contribution in [0, 0.1) is 11.8 Å². The molecule has 0 unspecified atom stereocenters. The molecule has 0 bridgehead atoms. The summed E-state index contributed by atoms with van der Waals surface area (Å²) in [5.41, 5.74) is 7.15. The van der Waals surface area contributed by atoms with Crippen LogP contribution in [-0.2, 0) is 6.54 Å². The Kier molecular flexibility index (Phi) is 5.12. The minimum Gasteiger partial charge on any atom is -0.384 e. The van der Waals surface area contributed by atoms with Crippen LogP contribution in [0.3, 0.4) is 0 Å². The molecule has 0 atom stereocenters. The van der Waals surface area contributed by atoms with E-state index in [9.17, 15) is 0 Å². The molecule has 25 heavy (non-hydrogen) atoms. The van der Waals surface area contributed by atoms with Gasteiger partial charge in [-0.3, -0.25) is 4.90 Å². The molecule has 2 aliphatic rings. The standard InChI is InChI=1S/C18H26N6S/c19-17-1-6-20-18(22-17)24-9-4-16(5-10-24)15-2-7-23(8-3-15)12-14-11-21-25-13-14/h1,6,11,13,15-16H,2-5,7-10,12H2,(H2,19,20,22). The summed E-state index contributed by atoms with van der Waals surface area (Å²) >= 11 is 1.55. The first-order valence-corrected chi connectivity index (χ1v) is 10.1. The van der Waals surface area contributed by atoms with Gasteiger partial charge in [-0.05, 0) is 73.8 Å². The highest BCUT2D eigenvalue weighted by molar-refractivity contribution is 7.03. The quantitative estimate of drug-likeness (QED) is 0.906. The van der Waals surface area contributed by atoms with Crippen molar-refractivity contribution in [3.05, 3.63) is 29.4 Å². The van der Waals surface area contributed by atoms with Crippen molar-refractivity contribution in [3.8, 4) is 0 Å². The molecule has 4 heterocycles. The molecule has 0 amide bonds. The first-order valence-electron chi connectivity index (χ1n) is 9.22. The fraction of sp³-hybridized carbons (Fsp3) is 0.611. The van der Waals surface area contributed by atoms with Crippen LogP contribution in [0.4, 0.5) is 11.8 Å². The molecular weight excluding hydrogens is 332 g/mol. The highest BCUT2D eigenvalue weighted by atomic mass is 32.1. The molecule has 2 saturated heterocycles. The van der Waals surface area contributed by atoms with Gasteiger partial charge < -0.3 is 10.6 Å². The smallest absolute Gasteiger partial charge is 0.227 e. The van der Waals surface area contributed by atoms with Crippen molar-refractivity contribution in [3.63, 3.8) is 0 Å². The van der Waals surface area contributed by atoms with E-state index >= 15 is 0 Å². The molecule has 0 radical (unpaired) electrons. The minimum atomic E-state index is 0.556. The first-order chi connectivity index (χ1) is 12.3. The van der Waals surface area contributed by atoms with Crippen molar-refractivity contribution in [1.29, 1.82) is 0 Å². The number of hydrogen-bond acceptors (Lipinski definition) is 7. The van der Waals surface area contributed by atoms with Crippen molar-refractivity contribution in [1.82, 2.24) is 19.2 Å². The van der Waals surface area contributed by atoms with E-state index < -0.39 is 0 Å². The van der Waals surface area contributed by atoms with E-state index in [-0.39, 0.29) is 0 Å². The van der Waals surface area contributed by atoms with Gasteiger partial charge in [0, 0.05) is 37.4 Å². The molecule has 0 saturated carbocycles. The Morgan fingerprint density at radius 1 is 1.08 bits per heavy atom. The van der Waals surface area contributed by atoms with Gasteiger partial charge in [0.05, 0.1) is 0 Å². The zero-order valence-electron chi connectivity index (χ0n) is 14.5. The van der Waals surface area contributed by atoms with Gasteiger partial charge in [-0.25, -0.2) is 9.36 Å².